The first kappa shape index (κ1) is 21.4. The molecular weight excluding hydrogens is 452 g/mol. The summed E-state index contributed by atoms with van der Waals surface area (Å²) in [6.45, 7) is 1.89. The van der Waals surface area contributed by atoms with Crippen molar-refractivity contribution >= 4 is 57.3 Å². The van der Waals surface area contributed by atoms with Crippen molar-refractivity contribution in [3.8, 4) is 11.5 Å². The molecule has 0 aliphatic carbocycles. The number of non-ortho nitro benzene ring substituents is 1. The van der Waals surface area contributed by atoms with Crippen LogP contribution < -0.4 is 10.6 Å². The number of nitro groups is 1. The summed E-state index contributed by atoms with van der Waals surface area (Å²) >= 11 is 11.3. The Balaban J connectivity index is 1.50. The second-order valence-electron chi connectivity index (χ2n) is 6.87. The Bertz CT molecular complexity index is 1370. The largest absolute Gasteiger partial charge is 0.436 e. The van der Waals surface area contributed by atoms with Gasteiger partial charge in [-0.05, 0) is 67.2 Å². The van der Waals surface area contributed by atoms with Crippen molar-refractivity contribution in [3.63, 3.8) is 0 Å². The molecule has 0 bridgehead atoms. The van der Waals surface area contributed by atoms with Crippen LogP contribution in [0.1, 0.15) is 15.9 Å². The Labute approximate surface area is 192 Å². The number of carbonyl (C=O) groups is 1. The fraction of sp³-hybridized carbons (Fsp3) is 0.0455. The van der Waals surface area contributed by atoms with E-state index in [0.717, 1.165) is 11.1 Å². The summed E-state index contributed by atoms with van der Waals surface area (Å²) in [5.41, 5.74) is 3.68. The van der Waals surface area contributed by atoms with Gasteiger partial charge in [0.25, 0.3) is 11.6 Å². The molecule has 3 aromatic carbocycles. The summed E-state index contributed by atoms with van der Waals surface area (Å²) in [4.78, 5) is 27.1. The topological polar surface area (TPSA) is 110 Å². The molecule has 1 heterocycles. The van der Waals surface area contributed by atoms with Gasteiger partial charge < -0.3 is 9.73 Å². The lowest BCUT2D eigenvalue weighted by Crippen LogP contribution is -2.34. The van der Waals surface area contributed by atoms with Gasteiger partial charge in [0.05, 0.1) is 4.92 Å². The quantitative estimate of drug-likeness (QED) is 0.232. The van der Waals surface area contributed by atoms with Gasteiger partial charge in [0.15, 0.2) is 10.7 Å². The summed E-state index contributed by atoms with van der Waals surface area (Å²) in [5.74, 6) is -0.0619. The zero-order valence-electron chi connectivity index (χ0n) is 16.6. The van der Waals surface area contributed by atoms with Crippen molar-refractivity contribution in [2.45, 2.75) is 6.92 Å². The zero-order chi connectivity index (χ0) is 22.8. The van der Waals surface area contributed by atoms with E-state index in [1.54, 1.807) is 18.2 Å². The zero-order valence-corrected chi connectivity index (χ0v) is 18.2. The number of halogens is 1. The number of hydrogen-bond acceptors (Lipinski definition) is 6. The highest BCUT2D eigenvalue weighted by Gasteiger charge is 2.14. The number of aromatic nitrogens is 1. The highest BCUT2D eigenvalue weighted by Crippen LogP contribution is 2.29. The molecule has 4 rings (SSSR count). The number of anilines is 1. The van der Waals surface area contributed by atoms with E-state index in [9.17, 15) is 14.9 Å². The van der Waals surface area contributed by atoms with Crippen LogP contribution in [0.25, 0.3) is 22.6 Å². The molecule has 0 fully saturated rings. The molecule has 32 heavy (non-hydrogen) atoms. The molecule has 1 aromatic heterocycles. The Kier molecular flexibility index (Phi) is 5.85. The molecule has 0 aliphatic rings. The molecule has 0 spiro atoms. The molecule has 0 saturated carbocycles. The minimum absolute atomic E-state index is 0.0814. The van der Waals surface area contributed by atoms with Gasteiger partial charge in [-0.1, -0.05) is 17.7 Å². The maximum Gasteiger partial charge on any atom is 0.269 e. The summed E-state index contributed by atoms with van der Waals surface area (Å²) in [6, 6.07) is 16.0. The number of hydrogen-bond donors (Lipinski definition) is 2. The fourth-order valence-electron chi connectivity index (χ4n) is 2.98. The van der Waals surface area contributed by atoms with Crippen LogP contribution in [-0.2, 0) is 0 Å². The number of aryl methyl sites for hydroxylation is 1. The number of carbonyl (C=O) groups excluding carboxylic acids is 1. The van der Waals surface area contributed by atoms with Crippen LogP contribution in [0.3, 0.4) is 0 Å². The fourth-order valence-corrected chi connectivity index (χ4v) is 3.35. The number of nitro benzene ring substituents is 1. The van der Waals surface area contributed by atoms with Crippen molar-refractivity contribution in [1.29, 1.82) is 0 Å². The lowest BCUT2D eigenvalue weighted by atomic mass is 10.1. The van der Waals surface area contributed by atoms with Crippen LogP contribution in [0, 0.1) is 17.0 Å². The molecule has 0 radical (unpaired) electrons. The summed E-state index contributed by atoms with van der Waals surface area (Å²) in [7, 11) is 0. The predicted octanol–water partition coefficient (Wildman–Crippen LogP) is 5.49. The molecule has 0 saturated heterocycles. The van der Waals surface area contributed by atoms with Crippen LogP contribution in [-0.4, -0.2) is 20.9 Å². The Hall–Kier alpha value is -3.82. The Morgan fingerprint density at radius 1 is 1.12 bits per heavy atom. The van der Waals surface area contributed by atoms with E-state index < -0.39 is 10.8 Å². The van der Waals surface area contributed by atoms with E-state index in [-0.39, 0.29) is 16.4 Å². The van der Waals surface area contributed by atoms with Crippen molar-refractivity contribution in [3.05, 3.63) is 86.9 Å². The number of benzene rings is 3. The van der Waals surface area contributed by atoms with E-state index in [1.165, 1.54) is 24.3 Å². The van der Waals surface area contributed by atoms with Crippen LogP contribution in [0.15, 0.2) is 65.1 Å². The number of rotatable bonds is 4. The van der Waals surface area contributed by atoms with Crippen LogP contribution >= 0.6 is 23.8 Å². The third kappa shape index (κ3) is 4.58. The monoisotopic (exact) mass is 466 g/mol. The average molecular weight is 467 g/mol. The third-order valence-electron chi connectivity index (χ3n) is 4.65. The number of amides is 1. The number of nitrogens with one attached hydrogen (secondary N) is 2. The maximum atomic E-state index is 12.4. The van der Waals surface area contributed by atoms with E-state index in [1.807, 2.05) is 25.1 Å². The predicted molar refractivity (Wildman–Crippen MR) is 126 cm³/mol. The highest BCUT2D eigenvalue weighted by molar-refractivity contribution is 7.80. The summed E-state index contributed by atoms with van der Waals surface area (Å²) < 4.78 is 5.81. The summed E-state index contributed by atoms with van der Waals surface area (Å²) in [5, 5.41) is 17.0. The van der Waals surface area contributed by atoms with Gasteiger partial charge in [-0.3, -0.25) is 20.2 Å². The maximum absolute atomic E-state index is 12.4. The molecule has 2 N–H and O–H groups in total. The van der Waals surface area contributed by atoms with Crippen molar-refractivity contribution < 1.29 is 14.1 Å². The number of nitrogens with zero attached hydrogens (tertiary/aromatic N) is 2. The number of thiocarbonyl (C=S) groups is 1. The van der Waals surface area contributed by atoms with Crippen LogP contribution in [0.5, 0.6) is 0 Å². The molecule has 4 aromatic rings. The molecule has 10 heteroatoms. The standard InChI is InChI=1S/C22H15ClN4O4S/c1-12-2-3-14(21-24-18-11-15(23)6-9-19(18)31-21)10-17(12)25-22(32)26-20(28)13-4-7-16(8-5-13)27(29)30/h2-11H,1H3,(H2,25,26,28,32). The first-order valence-electron chi connectivity index (χ1n) is 9.34. The lowest BCUT2D eigenvalue weighted by molar-refractivity contribution is -0.384. The van der Waals surface area contributed by atoms with E-state index in [2.05, 4.69) is 15.6 Å². The van der Waals surface area contributed by atoms with Gasteiger partial charge >= 0.3 is 0 Å². The smallest absolute Gasteiger partial charge is 0.269 e. The number of oxazole rings is 1. The average Bonchev–Trinajstić information content (AvgIpc) is 3.18. The van der Waals surface area contributed by atoms with Crippen LogP contribution in [0.4, 0.5) is 11.4 Å². The highest BCUT2D eigenvalue weighted by atomic mass is 35.5. The first-order chi connectivity index (χ1) is 15.3. The minimum Gasteiger partial charge on any atom is -0.436 e. The second-order valence-corrected chi connectivity index (χ2v) is 7.72. The number of fused-ring (bicyclic) bond motifs is 1. The SMILES string of the molecule is Cc1ccc(-c2nc3cc(Cl)ccc3o2)cc1NC(=S)NC(=O)c1ccc([N+](=O)[O-])cc1. The minimum atomic E-state index is -0.533. The lowest BCUT2D eigenvalue weighted by Gasteiger charge is -2.12. The van der Waals surface area contributed by atoms with E-state index >= 15 is 0 Å². The molecular formula is C22H15ClN4O4S. The second kappa shape index (κ2) is 8.74. The van der Waals surface area contributed by atoms with Crippen molar-refractivity contribution in [2.24, 2.45) is 0 Å². The van der Waals surface area contributed by atoms with Gasteiger partial charge in [0.1, 0.15) is 5.52 Å². The van der Waals surface area contributed by atoms with Gasteiger partial charge in [-0.2, -0.15) is 0 Å². The summed E-state index contributed by atoms with van der Waals surface area (Å²) in [6.07, 6.45) is 0. The normalized spacial score (nSPS) is 10.7. The van der Waals surface area contributed by atoms with Gasteiger partial charge in [0.2, 0.25) is 5.89 Å². The van der Waals surface area contributed by atoms with Crippen LogP contribution in [0.2, 0.25) is 5.02 Å². The Morgan fingerprint density at radius 3 is 2.59 bits per heavy atom. The van der Waals surface area contributed by atoms with Crippen molar-refractivity contribution in [1.82, 2.24) is 10.3 Å². The molecule has 0 atom stereocenters. The van der Waals surface area contributed by atoms with Crippen molar-refractivity contribution in [2.75, 3.05) is 5.32 Å². The Morgan fingerprint density at radius 2 is 1.88 bits per heavy atom. The van der Waals surface area contributed by atoms with Gasteiger partial charge in [-0.25, -0.2) is 4.98 Å². The van der Waals surface area contributed by atoms with Gasteiger partial charge in [0, 0.05) is 34.0 Å². The van der Waals surface area contributed by atoms with Gasteiger partial charge in [-0.15, -0.1) is 0 Å². The van der Waals surface area contributed by atoms with E-state index in [0.29, 0.717) is 27.7 Å². The molecule has 1 amide bonds. The third-order valence-corrected chi connectivity index (χ3v) is 5.09. The first-order valence-corrected chi connectivity index (χ1v) is 10.1. The molecule has 8 nitrogen and oxygen atoms in total. The molecule has 0 aliphatic heterocycles. The molecule has 160 valence electrons. The van der Waals surface area contributed by atoms with E-state index in [4.69, 9.17) is 28.2 Å². The molecule has 0 unspecified atom stereocenters.